The van der Waals surface area contributed by atoms with E-state index in [1.165, 1.54) is 0 Å². The van der Waals surface area contributed by atoms with Crippen molar-refractivity contribution in [3.8, 4) is 0 Å². The molecule has 0 radical (unpaired) electrons. The molecule has 2 aromatic carbocycles. The van der Waals surface area contributed by atoms with Crippen LogP contribution in [0.3, 0.4) is 0 Å². The Morgan fingerprint density at radius 2 is 1.77 bits per heavy atom. The molecule has 2 atom stereocenters. The van der Waals surface area contributed by atoms with Gasteiger partial charge in [0.2, 0.25) is 5.91 Å². The molecule has 2 aliphatic rings. The van der Waals surface area contributed by atoms with Crippen molar-refractivity contribution < 1.29 is 9.59 Å². The second kappa shape index (κ2) is 8.47. The number of aromatic nitrogens is 1. The zero-order chi connectivity index (χ0) is 21.2. The van der Waals surface area contributed by atoms with Crippen LogP contribution in [-0.2, 0) is 4.79 Å². The highest BCUT2D eigenvalue weighted by atomic mass is 16.2. The maximum Gasteiger partial charge on any atom is 0.251 e. The lowest BCUT2D eigenvalue weighted by Crippen LogP contribution is -2.42. The van der Waals surface area contributed by atoms with Crippen molar-refractivity contribution in [3.63, 3.8) is 0 Å². The van der Waals surface area contributed by atoms with Gasteiger partial charge in [-0.15, -0.1) is 0 Å². The van der Waals surface area contributed by atoms with E-state index in [9.17, 15) is 9.59 Å². The van der Waals surface area contributed by atoms with Crippen molar-refractivity contribution in [2.75, 3.05) is 18.4 Å². The lowest BCUT2D eigenvalue weighted by atomic mass is 10.0. The van der Waals surface area contributed by atoms with E-state index in [-0.39, 0.29) is 29.7 Å². The largest absolute Gasteiger partial charge is 0.349 e. The number of nitrogens with zero attached hydrogens (tertiary/aromatic N) is 1. The topological polar surface area (TPSA) is 83.1 Å². The molecule has 1 aromatic heterocycles. The van der Waals surface area contributed by atoms with Crippen LogP contribution in [0.5, 0.6) is 0 Å². The molecular formula is C25H26N4O2. The zero-order valence-electron chi connectivity index (χ0n) is 17.3. The van der Waals surface area contributed by atoms with E-state index in [1.807, 2.05) is 54.7 Å². The Hall–Kier alpha value is -3.25. The van der Waals surface area contributed by atoms with Crippen molar-refractivity contribution in [1.82, 2.24) is 15.6 Å². The van der Waals surface area contributed by atoms with Gasteiger partial charge in [0.1, 0.15) is 0 Å². The molecule has 5 rings (SSSR count). The predicted octanol–water partition coefficient (Wildman–Crippen LogP) is 3.46. The summed E-state index contributed by atoms with van der Waals surface area (Å²) in [6.45, 7) is 1.90. The summed E-state index contributed by atoms with van der Waals surface area (Å²) in [7, 11) is 0. The summed E-state index contributed by atoms with van der Waals surface area (Å²) < 4.78 is 0. The van der Waals surface area contributed by atoms with Gasteiger partial charge in [0, 0.05) is 41.0 Å². The number of rotatable bonds is 5. The number of fused-ring (bicyclic) bond motifs is 1. The molecule has 2 fully saturated rings. The second-order valence-electron chi connectivity index (χ2n) is 8.50. The molecule has 1 aliphatic heterocycles. The van der Waals surface area contributed by atoms with Gasteiger partial charge in [-0.1, -0.05) is 18.2 Å². The Balaban J connectivity index is 1.18. The minimum absolute atomic E-state index is 0.0185. The first-order valence-electron chi connectivity index (χ1n) is 10.9. The highest BCUT2D eigenvalue weighted by Crippen LogP contribution is 2.48. The highest BCUT2D eigenvalue weighted by Gasteiger charge is 2.43. The van der Waals surface area contributed by atoms with Gasteiger partial charge in [-0.05, 0) is 79.6 Å². The van der Waals surface area contributed by atoms with E-state index in [2.05, 4.69) is 20.9 Å². The summed E-state index contributed by atoms with van der Waals surface area (Å²) in [6.07, 6.45) is 6.34. The molecule has 2 heterocycles. The third-order valence-electron chi connectivity index (χ3n) is 6.31. The highest BCUT2D eigenvalue weighted by molar-refractivity contribution is 5.97. The van der Waals surface area contributed by atoms with Crippen LogP contribution in [0, 0.1) is 5.92 Å². The molecule has 1 aliphatic carbocycles. The Bertz CT molecular complexity index is 1110. The predicted molar refractivity (Wildman–Crippen MR) is 121 cm³/mol. The summed E-state index contributed by atoms with van der Waals surface area (Å²) in [6, 6.07) is 15.8. The molecule has 3 aromatic rings. The van der Waals surface area contributed by atoms with E-state index < -0.39 is 0 Å². The molecule has 3 N–H and O–H groups in total. The van der Waals surface area contributed by atoms with Crippen LogP contribution < -0.4 is 16.0 Å². The maximum absolute atomic E-state index is 12.7. The fourth-order valence-electron chi connectivity index (χ4n) is 4.37. The first kappa shape index (κ1) is 19.7. The van der Waals surface area contributed by atoms with Crippen LogP contribution in [0.4, 0.5) is 5.69 Å². The van der Waals surface area contributed by atoms with Gasteiger partial charge in [-0.3, -0.25) is 14.6 Å². The number of carbonyl (C=O) groups is 2. The summed E-state index contributed by atoms with van der Waals surface area (Å²) in [5.41, 5.74) is 2.59. The molecule has 6 heteroatoms. The lowest BCUT2D eigenvalue weighted by Gasteiger charge is -2.23. The van der Waals surface area contributed by atoms with Crippen LogP contribution in [0.2, 0.25) is 0 Å². The summed E-state index contributed by atoms with van der Waals surface area (Å²) in [5.74, 6) is 0.218. The fraction of sp³-hybridized carbons (Fsp3) is 0.320. The molecule has 0 spiro atoms. The van der Waals surface area contributed by atoms with Crippen LogP contribution in [0.25, 0.3) is 10.8 Å². The number of anilines is 1. The monoisotopic (exact) mass is 414 g/mol. The second-order valence-corrected chi connectivity index (χ2v) is 8.50. The molecule has 158 valence electrons. The first-order chi connectivity index (χ1) is 15.2. The fourth-order valence-corrected chi connectivity index (χ4v) is 4.37. The van der Waals surface area contributed by atoms with Gasteiger partial charge in [0.25, 0.3) is 5.91 Å². The number of benzene rings is 2. The lowest BCUT2D eigenvalue weighted by molar-refractivity contribution is -0.117. The first-order valence-corrected chi connectivity index (χ1v) is 10.9. The number of hydrogen-bond acceptors (Lipinski definition) is 4. The third-order valence-corrected chi connectivity index (χ3v) is 6.31. The molecular weight excluding hydrogens is 388 g/mol. The number of hydrogen-bond donors (Lipinski definition) is 3. The Morgan fingerprint density at radius 3 is 2.58 bits per heavy atom. The van der Waals surface area contributed by atoms with Crippen LogP contribution in [0.15, 0.2) is 60.9 Å². The van der Waals surface area contributed by atoms with Gasteiger partial charge in [0.15, 0.2) is 0 Å². The van der Waals surface area contributed by atoms with Gasteiger partial charge in [-0.25, -0.2) is 0 Å². The molecule has 31 heavy (non-hydrogen) atoms. The summed E-state index contributed by atoms with van der Waals surface area (Å²) in [4.78, 5) is 29.3. The number of pyridine rings is 1. The third kappa shape index (κ3) is 4.44. The number of amides is 2. The average molecular weight is 415 g/mol. The zero-order valence-corrected chi connectivity index (χ0v) is 17.3. The molecule has 2 amide bonds. The van der Waals surface area contributed by atoms with E-state index >= 15 is 0 Å². The van der Waals surface area contributed by atoms with Gasteiger partial charge in [-0.2, -0.15) is 0 Å². The summed E-state index contributed by atoms with van der Waals surface area (Å²) >= 11 is 0. The van der Waals surface area contributed by atoms with Crippen LogP contribution in [0.1, 0.15) is 41.1 Å². The van der Waals surface area contributed by atoms with E-state index in [0.717, 1.165) is 54.4 Å². The van der Waals surface area contributed by atoms with E-state index in [4.69, 9.17) is 0 Å². The number of piperidine rings is 1. The van der Waals surface area contributed by atoms with Crippen LogP contribution in [-0.4, -0.2) is 35.9 Å². The SMILES string of the molecule is O=C(NC1CCNCC1)c1ccc([C@@H]2C[C@H]2C(=O)Nc2ccc3cnccc3c2)cc1. The maximum atomic E-state index is 12.7. The van der Waals surface area contributed by atoms with Gasteiger partial charge in [0.05, 0.1) is 0 Å². The van der Waals surface area contributed by atoms with E-state index in [1.54, 1.807) is 6.20 Å². The van der Waals surface area contributed by atoms with E-state index in [0.29, 0.717) is 5.56 Å². The van der Waals surface area contributed by atoms with Crippen molar-refractivity contribution in [2.24, 2.45) is 5.92 Å². The van der Waals surface area contributed by atoms with Crippen molar-refractivity contribution in [1.29, 1.82) is 0 Å². The van der Waals surface area contributed by atoms with Crippen LogP contribution >= 0.6 is 0 Å². The van der Waals surface area contributed by atoms with Crippen molar-refractivity contribution >= 4 is 28.3 Å². The Kier molecular flexibility index (Phi) is 5.38. The quantitative estimate of drug-likeness (QED) is 0.597. The number of carbonyl (C=O) groups excluding carboxylic acids is 2. The summed E-state index contributed by atoms with van der Waals surface area (Å²) in [5, 5.41) is 11.6. The minimum Gasteiger partial charge on any atom is -0.349 e. The molecule has 6 nitrogen and oxygen atoms in total. The molecule has 1 saturated carbocycles. The molecule has 0 bridgehead atoms. The number of nitrogens with one attached hydrogen (secondary N) is 3. The van der Waals surface area contributed by atoms with Crippen molar-refractivity contribution in [3.05, 3.63) is 72.1 Å². The average Bonchev–Trinajstić information content (AvgIpc) is 3.61. The van der Waals surface area contributed by atoms with Gasteiger partial charge < -0.3 is 16.0 Å². The smallest absolute Gasteiger partial charge is 0.251 e. The normalized spacial score (nSPS) is 20.9. The standard InChI is InChI=1S/C25H26N4O2/c30-24(28-20-8-11-26-12-9-20)17-3-1-16(2-4-17)22-14-23(22)25(31)29-21-6-5-19-15-27-10-7-18(19)13-21/h1-7,10,13,15,20,22-23,26H,8-9,11-12,14H2,(H,28,30)(H,29,31)/t22-,23+/m0/s1. The van der Waals surface area contributed by atoms with Crippen molar-refractivity contribution in [2.45, 2.75) is 31.2 Å². The Morgan fingerprint density at radius 1 is 0.968 bits per heavy atom. The Labute approximate surface area is 181 Å². The minimum atomic E-state index is -0.0254. The molecule has 0 unspecified atom stereocenters. The molecule has 1 saturated heterocycles. The van der Waals surface area contributed by atoms with Gasteiger partial charge >= 0.3 is 0 Å².